The van der Waals surface area contributed by atoms with Gasteiger partial charge < -0.3 is 24.4 Å². The second kappa shape index (κ2) is 9.53. The summed E-state index contributed by atoms with van der Waals surface area (Å²) in [6.45, 7) is 4.84. The topological polar surface area (TPSA) is 94.0 Å². The predicted molar refractivity (Wildman–Crippen MR) is 115 cm³/mol. The molecule has 4 atom stereocenters. The van der Waals surface area contributed by atoms with E-state index >= 15 is 0 Å². The van der Waals surface area contributed by atoms with Gasteiger partial charge in [-0.05, 0) is 12.6 Å². The van der Waals surface area contributed by atoms with Gasteiger partial charge in [0.05, 0.1) is 44.4 Å². The molecule has 1 aromatic carbocycles. The highest BCUT2D eigenvalue weighted by Gasteiger charge is 2.49. The molecule has 172 valence electrons. The largest absolute Gasteiger partial charge is 0.378 e. The van der Waals surface area contributed by atoms with Crippen molar-refractivity contribution in [1.29, 1.82) is 0 Å². The Labute approximate surface area is 187 Å². The van der Waals surface area contributed by atoms with Crippen molar-refractivity contribution in [2.45, 2.75) is 37.4 Å². The summed E-state index contributed by atoms with van der Waals surface area (Å²) < 4.78 is 19.2. The molecule has 3 fully saturated rings. The minimum absolute atomic E-state index is 0.0500. The van der Waals surface area contributed by atoms with Crippen molar-refractivity contribution in [2.75, 3.05) is 46.6 Å². The van der Waals surface area contributed by atoms with Crippen LogP contribution in [0.25, 0.3) is 0 Å². The van der Waals surface area contributed by atoms with Crippen LogP contribution in [0.3, 0.4) is 0 Å². The molecule has 2 amide bonds. The molecule has 5 rings (SSSR count). The predicted octanol–water partition coefficient (Wildman–Crippen LogP) is 0.659. The van der Waals surface area contributed by atoms with Crippen molar-refractivity contribution in [1.82, 2.24) is 30.1 Å². The molecule has 32 heavy (non-hydrogen) atoms. The van der Waals surface area contributed by atoms with E-state index in [-0.39, 0.29) is 30.3 Å². The molecule has 3 saturated heterocycles. The van der Waals surface area contributed by atoms with Crippen molar-refractivity contribution in [3.63, 3.8) is 0 Å². The number of urea groups is 1. The summed E-state index contributed by atoms with van der Waals surface area (Å²) in [6, 6.07) is 10.1. The Morgan fingerprint density at radius 3 is 2.72 bits per heavy atom. The van der Waals surface area contributed by atoms with Gasteiger partial charge in [0.15, 0.2) is 0 Å². The smallest absolute Gasteiger partial charge is 0.317 e. The van der Waals surface area contributed by atoms with Gasteiger partial charge in [-0.15, -0.1) is 5.10 Å². The van der Waals surface area contributed by atoms with Crippen LogP contribution in [-0.4, -0.2) is 95.6 Å². The van der Waals surface area contributed by atoms with Crippen LogP contribution >= 0.6 is 0 Å². The molecule has 0 spiro atoms. The lowest BCUT2D eigenvalue weighted by atomic mass is 10.1. The molecule has 10 nitrogen and oxygen atoms in total. The molecule has 0 unspecified atom stereocenters. The average molecular weight is 443 g/mol. The third-order valence-corrected chi connectivity index (χ3v) is 6.26. The zero-order valence-corrected chi connectivity index (χ0v) is 18.3. The van der Waals surface area contributed by atoms with Gasteiger partial charge in [-0.25, -0.2) is 9.48 Å². The van der Waals surface area contributed by atoms with Crippen molar-refractivity contribution in [3.8, 4) is 0 Å². The van der Waals surface area contributed by atoms with Gasteiger partial charge in [-0.3, -0.25) is 4.90 Å². The van der Waals surface area contributed by atoms with E-state index in [0.29, 0.717) is 46.1 Å². The Balaban J connectivity index is 1.16. The minimum atomic E-state index is -0.182. The summed E-state index contributed by atoms with van der Waals surface area (Å²) >= 11 is 0. The first-order chi connectivity index (χ1) is 15.7. The van der Waals surface area contributed by atoms with Crippen molar-refractivity contribution < 1.29 is 19.0 Å². The Bertz CT molecular complexity index is 903. The summed E-state index contributed by atoms with van der Waals surface area (Å²) in [4.78, 5) is 16.5. The van der Waals surface area contributed by atoms with Crippen LogP contribution in [0.1, 0.15) is 17.3 Å². The van der Waals surface area contributed by atoms with Gasteiger partial charge in [0.1, 0.15) is 18.2 Å². The lowest BCUT2D eigenvalue weighted by Gasteiger charge is -2.29. The summed E-state index contributed by atoms with van der Waals surface area (Å²) in [7, 11) is 2.07. The van der Waals surface area contributed by atoms with Crippen LogP contribution in [0.15, 0.2) is 36.5 Å². The number of carbonyl (C=O) groups excluding carboxylic acids is 1. The molecule has 10 heteroatoms. The van der Waals surface area contributed by atoms with E-state index in [1.807, 2.05) is 29.1 Å². The number of amides is 2. The highest BCUT2D eigenvalue weighted by Crippen LogP contribution is 2.34. The second-order valence-electron chi connectivity index (χ2n) is 8.67. The number of benzene rings is 1. The van der Waals surface area contributed by atoms with Crippen LogP contribution < -0.4 is 5.32 Å². The molecule has 4 heterocycles. The summed E-state index contributed by atoms with van der Waals surface area (Å²) in [6.07, 6.45) is 1.64. The molecule has 0 bridgehead atoms. The maximum atomic E-state index is 12.5. The quantitative estimate of drug-likeness (QED) is 0.702. The third-order valence-electron chi connectivity index (χ3n) is 6.26. The number of nitrogens with zero attached hydrogens (tertiary/aromatic N) is 5. The van der Waals surface area contributed by atoms with Gasteiger partial charge in [-0.1, -0.05) is 35.5 Å². The maximum absolute atomic E-state index is 12.5. The molecule has 1 N–H and O–H groups in total. The Kier molecular flexibility index (Phi) is 6.35. The summed E-state index contributed by atoms with van der Waals surface area (Å²) in [5, 5.41) is 11.8. The zero-order chi connectivity index (χ0) is 21.9. The van der Waals surface area contributed by atoms with Gasteiger partial charge >= 0.3 is 6.03 Å². The Morgan fingerprint density at radius 1 is 1.12 bits per heavy atom. The number of hydrogen-bond donors (Lipinski definition) is 1. The first-order valence-electron chi connectivity index (χ1n) is 11.2. The monoisotopic (exact) mass is 442 g/mol. The van der Waals surface area contributed by atoms with E-state index in [2.05, 4.69) is 39.7 Å². The molecule has 2 aromatic rings. The Morgan fingerprint density at radius 2 is 1.91 bits per heavy atom. The van der Waals surface area contributed by atoms with Crippen molar-refractivity contribution in [3.05, 3.63) is 47.8 Å². The molecule has 0 saturated carbocycles. The molecular formula is C22H30N6O4. The number of fused-ring (bicyclic) bond motifs is 1. The average Bonchev–Trinajstić information content (AvgIpc) is 3.53. The minimum Gasteiger partial charge on any atom is -0.378 e. The number of aromatic nitrogens is 3. The van der Waals surface area contributed by atoms with E-state index in [4.69, 9.17) is 14.2 Å². The van der Waals surface area contributed by atoms with Crippen LogP contribution in [0.4, 0.5) is 4.79 Å². The maximum Gasteiger partial charge on any atom is 0.317 e. The lowest BCUT2D eigenvalue weighted by Crippen LogP contribution is -2.52. The SMILES string of the molecule is CN(Cc1ccccc1)Cc1cn([C@H]2CO[C@H]3[C@@H]2OC[C@@H]3NC(=O)N2CCOCC2)nn1. The highest BCUT2D eigenvalue weighted by molar-refractivity contribution is 5.74. The number of nitrogens with one attached hydrogen (secondary N) is 1. The number of ether oxygens (including phenoxy) is 3. The highest BCUT2D eigenvalue weighted by atomic mass is 16.6. The number of morpholine rings is 1. The molecule has 3 aliphatic rings. The van der Waals surface area contributed by atoms with Crippen molar-refractivity contribution in [2.24, 2.45) is 0 Å². The van der Waals surface area contributed by atoms with E-state index < -0.39 is 0 Å². The van der Waals surface area contributed by atoms with E-state index in [1.165, 1.54) is 5.56 Å². The number of carbonyl (C=O) groups is 1. The zero-order valence-electron chi connectivity index (χ0n) is 18.3. The van der Waals surface area contributed by atoms with Crippen molar-refractivity contribution >= 4 is 6.03 Å². The van der Waals surface area contributed by atoms with Crippen LogP contribution in [-0.2, 0) is 27.3 Å². The third kappa shape index (κ3) is 4.63. The van der Waals surface area contributed by atoms with Crippen LogP contribution in [0.2, 0.25) is 0 Å². The van der Waals surface area contributed by atoms with E-state index in [0.717, 1.165) is 12.2 Å². The van der Waals surface area contributed by atoms with E-state index in [1.54, 1.807) is 4.90 Å². The molecule has 0 aliphatic carbocycles. The standard InChI is InChI=1S/C22H30N6O4/c1-26(11-16-5-3-2-4-6-16)12-17-13-28(25-24-17)19-15-32-20-18(14-31-21(19)20)23-22(29)27-7-9-30-10-8-27/h2-6,13,18-21H,7-12,14-15H2,1H3,(H,23,29)/t18-,19-,20+,21+/m0/s1. The van der Waals surface area contributed by atoms with Gasteiger partial charge in [0, 0.05) is 26.2 Å². The summed E-state index contributed by atoms with van der Waals surface area (Å²) in [5.74, 6) is 0. The number of hydrogen-bond acceptors (Lipinski definition) is 7. The number of rotatable bonds is 6. The van der Waals surface area contributed by atoms with Gasteiger partial charge in [0.2, 0.25) is 0 Å². The molecular weight excluding hydrogens is 412 g/mol. The second-order valence-corrected chi connectivity index (χ2v) is 8.67. The van der Waals surface area contributed by atoms with Crippen LogP contribution in [0.5, 0.6) is 0 Å². The first kappa shape index (κ1) is 21.3. The molecule has 3 aliphatic heterocycles. The fourth-order valence-electron chi connectivity index (χ4n) is 4.62. The Hall–Kier alpha value is -2.53. The fourth-order valence-corrected chi connectivity index (χ4v) is 4.62. The van der Waals surface area contributed by atoms with Crippen LogP contribution in [0, 0.1) is 0 Å². The molecule has 1 aromatic heterocycles. The fraction of sp³-hybridized carbons (Fsp3) is 0.591. The van der Waals surface area contributed by atoms with Gasteiger partial charge in [-0.2, -0.15) is 0 Å². The first-order valence-corrected chi connectivity index (χ1v) is 11.2. The normalized spacial score (nSPS) is 27.6. The van der Waals surface area contributed by atoms with Gasteiger partial charge in [0.25, 0.3) is 0 Å². The molecule has 0 radical (unpaired) electrons. The summed E-state index contributed by atoms with van der Waals surface area (Å²) in [5.41, 5.74) is 2.17. The van der Waals surface area contributed by atoms with E-state index in [9.17, 15) is 4.79 Å². The lowest BCUT2D eigenvalue weighted by molar-refractivity contribution is 0.0485.